The monoisotopic (exact) mass is 233 g/mol. The number of nitrogens with two attached hydrogens (primary N) is 1. The Kier molecular flexibility index (Phi) is 2.59. The number of hydrogen-bond donors (Lipinski definition) is 1. The Bertz CT molecular complexity index is 543. The van der Waals surface area contributed by atoms with Gasteiger partial charge in [0.15, 0.2) is 5.82 Å². The molecule has 1 aliphatic carbocycles. The number of hydrogen-bond acceptors (Lipinski definition) is 2. The molecule has 90 valence electrons. The average molecular weight is 233 g/mol. The lowest BCUT2D eigenvalue weighted by atomic mass is 9.85. The largest absolute Gasteiger partial charge is 0.329 e. The number of para-hydroxylation sites is 1. The predicted molar refractivity (Wildman–Crippen MR) is 65.3 cm³/mol. The minimum Gasteiger partial charge on any atom is -0.329 e. The van der Waals surface area contributed by atoms with E-state index in [-0.39, 0.29) is 5.82 Å². The number of nitrogens with zero attached hydrogens (tertiary/aromatic N) is 2. The second kappa shape index (κ2) is 4.11. The maximum absolute atomic E-state index is 13.7. The number of fused-ring (bicyclic) bond motifs is 1. The fourth-order valence-corrected chi connectivity index (χ4v) is 2.47. The minimum absolute atomic E-state index is 0.237. The van der Waals surface area contributed by atoms with Gasteiger partial charge in [-0.2, -0.15) is 0 Å². The van der Waals surface area contributed by atoms with Gasteiger partial charge in [-0.15, -0.1) is 0 Å². The first-order chi connectivity index (χ1) is 8.31. The zero-order chi connectivity index (χ0) is 11.8. The first-order valence-electron chi connectivity index (χ1n) is 6.16. The third-order valence-corrected chi connectivity index (χ3v) is 3.58. The van der Waals surface area contributed by atoms with Crippen LogP contribution in [-0.2, 0) is 6.54 Å². The third-order valence-electron chi connectivity index (χ3n) is 3.58. The Balaban J connectivity index is 2.18. The molecule has 0 aliphatic heterocycles. The Hall–Kier alpha value is -1.42. The molecule has 0 radical (unpaired) electrons. The molecule has 1 heterocycles. The lowest BCUT2D eigenvalue weighted by molar-refractivity contribution is 0.389. The van der Waals surface area contributed by atoms with Gasteiger partial charge in [0.1, 0.15) is 11.3 Å². The van der Waals surface area contributed by atoms with Gasteiger partial charge in [0, 0.05) is 19.0 Å². The average Bonchev–Trinajstić information content (AvgIpc) is 2.58. The smallest absolute Gasteiger partial charge is 0.151 e. The molecule has 3 rings (SSSR count). The van der Waals surface area contributed by atoms with E-state index in [4.69, 9.17) is 5.73 Å². The van der Waals surface area contributed by atoms with Gasteiger partial charge in [-0.05, 0) is 25.0 Å². The molecule has 1 fully saturated rings. The summed E-state index contributed by atoms with van der Waals surface area (Å²) < 4.78 is 15.8. The van der Waals surface area contributed by atoms with Crippen LogP contribution in [0.15, 0.2) is 18.2 Å². The number of imidazole rings is 1. The molecule has 3 nitrogen and oxygen atoms in total. The van der Waals surface area contributed by atoms with Crippen molar-refractivity contribution in [3.05, 3.63) is 29.8 Å². The molecule has 1 aromatic heterocycles. The Labute approximate surface area is 99.4 Å². The van der Waals surface area contributed by atoms with Gasteiger partial charge in [-0.3, -0.25) is 0 Å². The predicted octanol–water partition coefficient (Wildman–Crippen LogP) is 2.40. The molecule has 0 unspecified atom stereocenters. The summed E-state index contributed by atoms with van der Waals surface area (Å²) in [5.41, 5.74) is 7.00. The van der Waals surface area contributed by atoms with Crippen LogP contribution < -0.4 is 5.73 Å². The molecule has 2 aromatic rings. The van der Waals surface area contributed by atoms with Crippen molar-refractivity contribution in [3.63, 3.8) is 0 Å². The third kappa shape index (κ3) is 1.63. The van der Waals surface area contributed by atoms with E-state index >= 15 is 0 Å². The van der Waals surface area contributed by atoms with Crippen LogP contribution in [0, 0.1) is 5.82 Å². The molecular formula is C13H16FN3. The van der Waals surface area contributed by atoms with Crippen molar-refractivity contribution in [1.82, 2.24) is 9.55 Å². The van der Waals surface area contributed by atoms with Crippen molar-refractivity contribution in [3.8, 4) is 0 Å². The van der Waals surface area contributed by atoms with Gasteiger partial charge in [0.25, 0.3) is 0 Å². The van der Waals surface area contributed by atoms with Gasteiger partial charge in [-0.1, -0.05) is 12.5 Å². The van der Waals surface area contributed by atoms with Crippen molar-refractivity contribution in [2.45, 2.75) is 31.7 Å². The molecule has 1 aromatic carbocycles. The number of aromatic nitrogens is 2. The van der Waals surface area contributed by atoms with E-state index in [1.165, 1.54) is 12.5 Å². The molecule has 0 atom stereocenters. The zero-order valence-electron chi connectivity index (χ0n) is 9.69. The van der Waals surface area contributed by atoms with E-state index in [1.54, 1.807) is 6.07 Å². The topological polar surface area (TPSA) is 43.8 Å². The fraction of sp³-hybridized carbons (Fsp3) is 0.462. The van der Waals surface area contributed by atoms with Gasteiger partial charge >= 0.3 is 0 Å². The van der Waals surface area contributed by atoms with Crippen LogP contribution >= 0.6 is 0 Å². The Morgan fingerprint density at radius 1 is 1.41 bits per heavy atom. The van der Waals surface area contributed by atoms with Crippen molar-refractivity contribution in [2.75, 3.05) is 6.54 Å². The second-order valence-electron chi connectivity index (χ2n) is 4.65. The highest BCUT2D eigenvalue weighted by atomic mass is 19.1. The standard InChI is InChI=1S/C13H16FN3/c14-10-5-2-6-11-12(10)16-13(9-3-1-4-9)17(11)8-7-15/h2,5-6,9H,1,3-4,7-8,15H2. The van der Waals surface area contributed by atoms with E-state index in [1.807, 2.05) is 6.07 Å². The van der Waals surface area contributed by atoms with Crippen molar-refractivity contribution < 1.29 is 4.39 Å². The Morgan fingerprint density at radius 3 is 2.88 bits per heavy atom. The highest BCUT2D eigenvalue weighted by Gasteiger charge is 2.26. The van der Waals surface area contributed by atoms with Gasteiger partial charge in [0.05, 0.1) is 5.52 Å². The van der Waals surface area contributed by atoms with Crippen LogP contribution in [0.1, 0.15) is 31.0 Å². The first-order valence-corrected chi connectivity index (χ1v) is 6.16. The quantitative estimate of drug-likeness (QED) is 0.884. The number of benzene rings is 1. The van der Waals surface area contributed by atoms with Gasteiger partial charge < -0.3 is 10.3 Å². The summed E-state index contributed by atoms with van der Waals surface area (Å²) in [6.07, 6.45) is 3.57. The van der Waals surface area contributed by atoms with Crippen molar-refractivity contribution in [1.29, 1.82) is 0 Å². The van der Waals surface area contributed by atoms with E-state index < -0.39 is 0 Å². The maximum atomic E-state index is 13.7. The highest BCUT2D eigenvalue weighted by Crippen LogP contribution is 2.37. The fourth-order valence-electron chi connectivity index (χ4n) is 2.47. The van der Waals surface area contributed by atoms with Crippen LogP contribution in [0.25, 0.3) is 11.0 Å². The van der Waals surface area contributed by atoms with Crippen molar-refractivity contribution >= 4 is 11.0 Å². The van der Waals surface area contributed by atoms with Crippen LogP contribution in [0.3, 0.4) is 0 Å². The van der Waals surface area contributed by atoms with E-state index in [0.29, 0.717) is 24.5 Å². The number of halogens is 1. The van der Waals surface area contributed by atoms with E-state index in [0.717, 1.165) is 24.2 Å². The summed E-state index contributed by atoms with van der Waals surface area (Å²) in [6, 6.07) is 5.12. The van der Waals surface area contributed by atoms with Crippen LogP contribution in [0.2, 0.25) is 0 Å². The molecule has 0 amide bonds. The summed E-state index contributed by atoms with van der Waals surface area (Å²) in [7, 11) is 0. The van der Waals surface area contributed by atoms with Gasteiger partial charge in [-0.25, -0.2) is 9.37 Å². The molecular weight excluding hydrogens is 217 g/mol. The highest BCUT2D eigenvalue weighted by molar-refractivity contribution is 5.76. The molecule has 17 heavy (non-hydrogen) atoms. The molecule has 1 aliphatic rings. The molecule has 2 N–H and O–H groups in total. The molecule has 1 saturated carbocycles. The normalized spacial score (nSPS) is 16.4. The lowest BCUT2D eigenvalue weighted by Gasteiger charge is -2.25. The summed E-state index contributed by atoms with van der Waals surface area (Å²) in [5.74, 6) is 1.27. The van der Waals surface area contributed by atoms with Crippen molar-refractivity contribution in [2.24, 2.45) is 5.73 Å². The summed E-state index contributed by atoms with van der Waals surface area (Å²) in [6.45, 7) is 1.27. The summed E-state index contributed by atoms with van der Waals surface area (Å²) >= 11 is 0. The summed E-state index contributed by atoms with van der Waals surface area (Å²) in [4.78, 5) is 4.49. The minimum atomic E-state index is -0.237. The van der Waals surface area contributed by atoms with Crippen LogP contribution in [-0.4, -0.2) is 16.1 Å². The molecule has 4 heteroatoms. The summed E-state index contributed by atoms with van der Waals surface area (Å²) in [5, 5.41) is 0. The van der Waals surface area contributed by atoms with Crippen LogP contribution in [0.5, 0.6) is 0 Å². The van der Waals surface area contributed by atoms with Crippen LogP contribution in [0.4, 0.5) is 4.39 Å². The maximum Gasteiger partial charge on any atom is 0.151 e. The molecule has 0 saturated heterocycles. The van der Waals surface area contributed by atoms with Gasteiger partial charge in [0.2, 0.25) is 0 Å². The number of rotatable bonds is 3. The Morgan fingerprint density at radius 2 is 2.24 bits per heavy atom. The SMILES string of the molecule is NCCn1c(C2CCC2)nc2c(F)cccc21. The van der Waals surface area contributed by atoms with E-state index in [9.17, 15) is 4.39 Å². The lowest BCUT2D eigenvalue weighted by Crippen LogP contribution is -2.18. The molecule has 0 spiro atoms. The molecule has 0 bridgehead atoms. The zero-order valence-corrected chi connectivity index (χ0v) is 9.69. The second-order valence-corrected chi connectivity index (χ2v) is 4.65. The van der Waals surface area contributed by atoms with E-state index in [2.05, 4.69) is 9.55 Å². The first kappa shape index (κ1) is 10.7.